The molecule has 1 aromatic heterocycles. The Hall–Kier alpha value is -0.720. The fraction of sp³-hybridized carbons (Fsp3) is 0.286. The summed E-state index contributed by atoms with van der Waals surface area (Å²) in [7, 11) is 0. The number of nitrogens with two attached hydrogens (primary N) is 1. The van der Waals surface area contributed by atoms with Gasteiger partial charge in [0.25, 0.3) is 0 Å². The quantitative estimate of drug-likeness (QED) is 0.890. The van der Waals surface area contributed by atoms with Crippen LogP contribution in [0.4, 0.5) is 13.2 Å². The van der Waals surface area contributed by atoms with E-state index in [2.05, 4.69) is 9.72 Å². The molecule has 0 aliphatic carbocycles. The van der Waals surface area contributed by atoms with Gasteiger partial charge in [0.05, 0.1) is 5.69 Å². The lowest BCUT2D eigenvalue weighted by Gasteiger charge is -2.12. The highest BCUT2D eigenvalue weighted by Crippen LogP contribution is 2.37. The minimum absolute atomic E-state index is 0.0836. The molecule has 0 bridgehead atoms. The Morgan fingerprint density at radius 3 is 2.47 bits per heavy atom. The molecule has 3 nitrogen and oxygen atoms in total. The Kier molecular flexibility index (Phi) is 3.64. The first-order valence-corrected chi connectivity index (χ1v) is 4.39. The number of halogens is 5. The number of alkyl halides is 3. The van der Waals surface area contributed by atoms with Gasteiger partial charge in [-0.15, -0.1) is 13.2 Å². The normalized spacial score (nSPS) is 11.6. The van der Waals surface area contributed by atoms with Gasteiger partial charge in [0.15, 0.2) is 5.75 Å². The van der Waals surface area contributed by atoms with Crippen molar-refractivity contribution in [2.24, 2.45) is 5.73 Å². The minimum Gasteiger partial charge on any atom is -0.402 e. The zero-order valence-electron chi connectivity index (χ0n) is 7.11. The summed E-state index contributed by atoms with van der Waals surface area (Å²) in [5.41, 5.74) is 5.29. The van der Waals surface area contributed by atoms with Crippen molar-refractivity contribution < 1.29 is 17.9 Å². The minimum atomic E-state index is -4.86. The van der Waals surface area contributed by atoms with Crippen molar-refractivity contribution in [3.8, 4) is 5.75 Å². The summed E-state index contributed by atoms with van der Waals surface area (Å²) in [5.74, 6) is -0.679. The van der Waals surface area contributed by atoms with Crippen LogP contribution in [0.2, 0.25) is 10.0 Å². The Morgan fingerprint density at radius 2 is 2.00 bits per heavy atom. The van der Waals surface area contributed by atoms with E-state index < -0.39 is 12.1 Å². The summed E-state index contributed by atoms with van der Waals surface area (Å²) in [5, 5.41) is -0.656. The first kappa shape index (κ1) is 12.4. The van der Waals surface area contributed by atoms with Crippen molar-refractivity contribution in [3.05, 3.63) is 21.9 Å². The van der Waals surface area contributed by atoms with Gasteiger partial charge in [-0.2, -0.15) is 0 Å². The SMILES string of the molecule is NCc1ncc(Cl)c(OC(F)(F)F)c1Cl. The molecule has 1 heterocycles. The zero-order valence-corrected chi connectivity index (χ0v) is 8.62. The van der Waals surface area contributed by atoms with Crippen LogP contribution in [0.5, 0.6) is 5.75 Å². The highest BCUT2D eigenvalue weighted by Gasteiger charge is 2.33. The van der Waals surface area contributed by atoms with Gasteiger partial charge in [0.1, 0.15) is 10.0 Å². The highest BCUT2D eigenvalue weighted by molar-refractivity contribution is 6.37. The van der Waals surface area contributed by atoms with Crippen molar-refractivity contribution in [1.82, 2.24) is 4.98 Å². The summed E-state index contributed by atoms with van der Waals surface area (Å²) < 4.78 is 39.5. The molecule has 0 saturated carbocycles. The molecule has 0 unspecified atom stereocenters. The molecule has 84 valence electrons. The number of nitrogens with zero attached hydrogens (tertiary/aromatic N) is 1. The van der Waals surface area contributed by atoms with Crippen molar-refractivity contribution in [1.29, 1.82) is 0 Å². The first-order valence-electron chi connectivity index (χ1n) is 3.64. The number of hydrogen-bond acceptors (Lipinski definition) is 3. The maximum absolute atomic E-state index is 11.9. The second-order valence-electron chi connectivity index (χ2n) is 2.45. The number of aromatic nitrogens is 1. The fourth-order valence-corrected chi connectivity index (χ4v) is 1.33. The predicted molar refractivity (Wildman–Crippen MR) is 48.8 cm³/mol. The summed E-state index contributed by atoms with van der Waals surface area (Å²) in [6.45, 7) is -0.107. The van der Waals surface area contributed by atoms with E-state index in [-0.39, 0.29) is 22.3 Å². The Bertz CT molecular complexity index is 370. The Morgan fingerprint density at radius 1 is 1.40 bits per heavy atom. The highest BCUT2D eigenvalue weighted by atomic mass is 35.5. The van der Waals surface area contributed by atoms with Crippen LogP contribution in [0.3, 0.4) is 0 Å². The molecule has 15 heavy (non-hydrogen) atoms. The predicted octanol–water partition coefficient (Wildman–Crippen LogP) is 2.75. The second kappa shape index (κ2) is 4.42. The lowest BCUT2D eigenvalue weighted by molar-refractivity contribution is -0.274. The Balaban J connectivity index is 3.15. The molecule has 0 aliphatic heterocycles. The molecular weight excluding hydrogens is 256 g/mol. The molecule has 0 fully saturated rings. The molecule has 2 N–H and O–H groups in total. The van der Waals surface area contributed by atoms with Gasteiger partial charge >= 0.3 is 6.36 Å². The van der Waals surface area contributed by atoms with Gasteiger partial charge in [0.2, 0.25) is 0 Å². The molecule has 0 aromatic carbocycles. The third kappa shape index (κ3) is 3.12. The molecule has 8 heteroatoms. The first-order chi connectivity index (χ1) is 6.85. The molecule has 1 aromatic rings. The summed E-state index contributed by atoms with van der Waals surface area (Å²) in [6, 6.07) is 0. The van der Waals surface area contributed by atoms with Gasteiger partial charge in [-0.3, -0.25) is 4.98 Å². The Labute approximate surface area is 92.9 Å². The van der Waals surface area contributed by atoms with E-state index in [4.69, 9.17) is 28.9 Å². The maximum atomic E-state index is 11.9. The number of ether oxygens (including phenoxy) is 1. The molecule has 0 aliphatic rings. The maximum Gasteiger partial charge on any atom is 0.573 e. The lowest BCUT2D eigenvalue weighted by Crippen LogP contribution is -2.18. The van der Waals surface area contributed by atoms with Crippen molar-refractivity contribution in [3.63, 3.8) is 0 Å². The van der Waals surface area contributed by atoms with Crippen LogP contribution in [-0.2, 0) is 6.54 Å². The molecule has 1 rings (SSSR count). The second-order valence-corrected chi connectivity index (χ2v) is 3.23. The monoisotopic (exact) mass is 260 g/mol. The molecule has 0 atom stereocenters. The van der Waals surface area contributed by atoms with Crippen LogP contribution in [0.25, 0.3) is 0 Å². The van der Waals surface area contributed by atoms with Crippen LogP contribution in [0.15, 0.2) is 6.20 Å². The van der Waals surface area contributed by atoms with E-state index in [0.717, 1.165) is 6.20 Å². The van der Waals surface area contributed by atoms with E-state index in [1.807, 2.05) is 0 Å². The van der Waals surface area contributed by atoms with Gasteiger partial charge in [-0.25, -0.2) is 0 Å². The molecule has 0 saturated heterocycles. The third-order valence-electron chi connectivity index (χ3n) is 1.41. The average Bonchev–Trinajstić information content (AvgIpc) is 2.11. The van der Waals surface area contributed by atoms with E-state index in [1.165, 1.54) is 0 Å². The van der Waals surface area contributed by atoms with Crippen molar-refractivity contribution in [2.75, 3.05) is 0 Å². The van der Waals surface area contributed by atoms with E-state index in [1.54, 1.807) is 0 Å². The number of rotatable bonds is 2. The summed E-state index contributed by atoms with van der Waals surface area (Å²) in [6.07, 6.45) is -3.86. The topological polar surface area (TPSA) is 48.1 Å². The van der Waals surface area contributed by atoms with Gasteiger partial charge in [-0.05, 0) is 0 Å². The van der Waals surface area contributed by atoms with E-state index in [0.29, 0.717) is 0 Å². The smallest absolute Gasteiger partial charge is 0.402 e. The van der Waals surface area contributed by atoms with E-state index >= 15 is 0 Å². The van der Waals surface area contributed by atoms with Gasteiger partial charge in [0, 0.05) is 12.7 Å². The largest absolute Gasteiger partial charge is 0.573 e. The molecule has 0 amide bonds. The molecule has 0 spiro atoms. The van der Waals surface area contributed by atoms with Gasteiger partial charge < -0.3 is 10.5 Å². The number of hydrogen-bond donors (Lipinski definition) is 1. The average molecular weight is 261 g/mol. The number of pyridine rings is 1. The van der Waals surface area contributed by atoms with Crippen molar-refractivity contribution >= 4 is 23.2 Å². The lowest BCUT2D eigenvalue weighted by atomic mass is 10.3. The van der Waals surface area contributed by atoms with Crippen LogP contribution in [0.1, 0.15) is 5.69 Å². The molecule has 0 radical (unpaired) electrons. The fourth-order valence-electron chi connectivity index (χ4n) is 0.837. The zero-order chi connectivity index (χ0) is 11.6. The third-order valence-corrected chi connectivity index (χ3v) is 2.07. The molecular formula is C7H5Cl2F3N2O. The van der Waals surface area contributed by atoms with Crippen LogP contribution in [0, 0.1) is 0 Å². The van der Waals surface area contributed by atoms with Crippen LogP contribution >= 0.6 is 23.2 Å². The standard InChI is InChI=1S/C7H5Cl2F3N2O/c8-3-2-14-4(1-13)5(9)6(3)15-7(10,11)12/h2H,1,13H2. The summed E-state index contributed by atoms with van der Waals surface area (Å²) in [4.78, 5) is 3.65. The summed E-state index contributed by atoms with van der Waals surface area (Å²) >= 11 is 11.0. The van der Waals surface area contributed by atoms with Crippen LogP contribution < -0.4 is 10.5 Å². The van der Waals surface area contributed by atoms with Crippen LogP contribution in [-0.4, -0.2) is 11.3 Å². The van der Waals surface area contributed by atoms with E-state index in [9.17, 15) is 13.2 Å². The van der Waals surface area contributed by atoms with Crippen molar-refractivity contribution in [2.45, 2.75) is 12.9 Å². The van der Waals surface area contributed by atoms with Gasteiger partial charge in [-0.1, -0.05) is 23.2 Å².